The van der Waals surface area contributed by atoms with Crippen molar-refractivity contribution >= 4 is 67.6 Å². The second-order valence-corrected chi connectivity index (χ2v) is 39.5. The molecule has 0 spiro atoms. The number of aliphatic hydroxyl groups is 9. The van der Waals surface area contributed by atoms with E-state index in [0.29, 0.717) is 92.1 Å². The number of nitrogens with one attached hydrogen (secondary N) is 6. The molecule has 661 valence electrons. The van der Waals surface area contributed by atoms with Crippen molar-refractivity contribution in [1.82, 2.24) is 0 Å². The van der Waals surface area contributed by atoms with Crippen molar-refractivity contribution in [3.8, 4) is 0 Å². The van der Waals surface area contributed by atoms with Crippen LogP contribution in [-0.2, 0) is 151 Å². The fourth-order valence-corrected chi connectivity index (χ4v) is 16.1. The molecular weight excluding hydrogens is 1780 g/mol. The molecule has 0 aliphatic carbocycles. The molecule has 29 heteroatoms. The van der Waals surface area contributed by atoms with Gasteiger partial charge in [-0.3, -0.25) is 15.0 Å². The SMILES string of the molecule is C=CC(C)(O)C(=N)CC.CCC(=N)C(C)(C)O.CCC(=N)C(C)(O)CC.CCC(=N)C(C)(O)[Si](C)(C)C.CCC(=N)C(C)(O)[Si](CC)(CC)CC.CCC(=N)C(O)(CC)CC.CCC(=NC)C(O)(C(C)C)C(C)C.CCC(=NC)C(O)(CC)C(C)C.CCC(=NC)C(O)(CC)CC.[Co].[Co].[Co].[Co].[Co].[Co].[Co].[Co].[Co]. The molecule has 0 aromatic carbocycles. The van der Waals surface area contributed by atoms with Gasteiger partial charge in [-0.2, -0.15) is 0 Å². The summed E-state index contributed by atoms with van der Waals surface area (Å²) in [5.74, 6) is 0.665. The van der Waals surface area contributed by atoms with Gasteiger partial charge >= 0.3 is 0 Å². The summed E-state index contributed by atoms with van der Waals surface area (Å²) in [7, 11) is 1.92. The quantitative estimate of drug-likeness (QED) is 0.0168. The van der Waals surface area contributed by atoms with Crippen molar-refractivity contribution in [2.75, 3.05) is 21.1 Å². The molecule has 0 aromatic heterocycles. The van der Waals surface area contributed by atoms with E-state index in [9.17, 15) is 40.9 Å². The minimum absolute atomic E-state index is 0. The molecule has 18 nitrogen and oxygen atoms in total. The summed E-state index contributed by atoms with van der Waals surface area (Å²) in [4.78, 5) is 12.4. The van der Waals surface area contributed by atoms with Crippen molar-refractivity contribution in [2.24, 2.45) is 32.7 Å². The van der Waals surface area contributed by atoms with E-state index in [1.54, 1.807) is 55.8 Å². The molecule has 0 saturated carbocycles. The van der Waals surface area contributed by atoms with Gasteiger partial charge in [-0.25, -0.2) is 0 Å². The Morgan fingerprint density at radius 3 is 0.717 bits per heavy atom. The van der Waals surface area contributed by atoms with Crippen LogP contribution in [0.25, 0.3) is 0 Å². The van der Waals surface area contributed by atoms with Crippen LogP contribution in [0.5, 0.6) is 0 Å². The number of hydrogen-bond acceptors (Lipinski definition) is 18. The molecule has 15 N–H and O–H groups in total. The summed E-state index contributed by atoms with van der Waals surface area (Å²) in [6, 6.07) is 3.19. The minimum Gasteiger partial charge on any atom is -0.388 e. The maximum Gasteiger partial charge on any atom is 0.117 e. The average Bonchev–Trinajstić information content (AvgIpc) is 0.782. The smallest absolute Gasteiger partial charge is 0.117 e. The van der Waals surface area contributed by atoms with E-state index in [1.807, 2.05) is 152 Å². The number of nitrogens with zero attached hydrogens (tertiary/aromatic N) is 3. The Bertz CT molecular complexity index is 2290. The number of rotatable bonds is 33. The van der Waals surface area contributed by atoms with Gasteiger partial charge in [0, 0.05) is 224 Å². The van der Waals surface area contributed by atoms with Crippen LogP contribution < -0.4 is 0 Å². The van der Waals surface area contributed by atoms with Gasteiger partial charge in [0.05, 0.1) is 37.8 Å². The summed E-state index contributed by atoms with van der Waals surface area (Å²) >= 11 is 0. The first-order valence-electron chi connectivity index (χ1n) is 36.9. The van der Waals surface area contributed by atoms with Crippen LogP contribution >= 0.6 is 0 Å². The predicted octanol–water partition coefficient (Wildman–Crippen LogP) is 18.1. The van der Waals surface area contributed by atoms with E-state index in [2.05, 4.69) is 62.0 Å². The van der Waals surface area contributed by atoms with E-state index in [1.165, 1.54) is 6.08 Å². The third-order valence-electron chi connectivity index (χ3n) is 20.4. The van der Waals surface area contributed by atoms with Crippen LogP contribution in [0.2, 0.25) is 37.8 Å². The fourth-order valence-electron chi connectivity index (χ4n) is 10.7. The zero-order chi connectivity index (χ0) is 80.0. The molecule has 0 aliphatic heterocycles. The third-order valence-corrected chi connectivity index (χ3v) is 30.0. The van der Waals surface area contributed by atoms with Crippen LogP contribution in [-0.4, -0.2) is 184 Å². The molecule has 0 fully saturated rings. The van der Waals surface area contributed by atoms with Gasteiger partial charge in [0.1, 0.15) is 28.0 Å². The van der Waals surface area contributed by atoms with Gasteiger partial charge < -0.3 is 78.4 Å². The Morgan fingerprint density at radius 2 is 0.623 bits per heavy atom. The van der Waals surface area contributed by atoms with E-state index in [0.717, 1.165) is 73.8 Å². The minimum atomic E-state index is -1.70. The van der Waals surface area contributed by atoms with E-state index < -0.39 is 65.8 Å². The Labute approximate surface area is 747 Å². The first-order chi connectivity index (χ1) is 43.9. The standard InChI is InChI=1S/C11H25NOSi.C11H23NO.C10H21NO.C9H19NO.C8H19NOSi.C8H17NO.C7H15NO.C7H13NO.C6H13NO.9Co/c1-6-10(12)11(5,13)14(7-2,8-3)9-4;1-7-10(12-6)11(13,8(2)3)9(4)5;1-6-9(11-5)10(12,7-2)8(3)4;1-5-8(10-4)9(11,6-2)7-3;1-6-7(9)8(2,10)11(3,4)5;1-4-7(9)8(10,5-2)6-3;2*1-4-6(8)7(3,9)5-2;1-4-5(7)6(2,3)8;;;;;;;;;/h12-13H,6-9H2,1-5H3;8-9,13H,7H2,1-6H3;8,12H,6-7H2,1-5H3;11H,5-7H2,1-4H3;9-10H,6H2,1-5H3;9-10H,4-6H2,1-3H3;8-9H,4-5H2,1-3H3;5,8-9H,2,4H2,1,3H3;7-8H,4H2,1-3H3;;;;;;;;;. The van der Waals surface area contributed by atoms with Crippen molar-refractivity contribution in [2.45, 2.75) is 391 Å². The molecule has 5 unspecified atom stereocenters. The van der Waals surface area contributed by atoms with Crippen molar-refractivity contribution in [1.29, 1.82) is 32.5 Å². The molecule has 0 rings (SSSR count). The average molecular weight is 1950 g/mol. The Balaban J connectivity index is -0.0000000510. The molecule has 0 heterocycles. The summed E-state index contributed by atoms with van der Waals surface area (Å²) < 4.78 is 0. The predicted molar refractivity (Wildman–Crippen MR) is 435 cm³/mol. The largest absolute Gasteiger partial charge is 0.388 e. The maximum atomic E-state index is 10.5. The van der Waals surface area contributed by atoms with Crippen LogP contribution in [0, 0.1) is 50.2 Å². The zero-order valence-electron chi connectivity index (χ0n) is 73.1. The summed E-state index contributed by atoms with van der Waals surface area (Å²) in [5.41, 5.74) is -0.465. The first kappa shape index (κ1) is 152. The number of aliphatic imine (C=N–C) groups is 3. The van der Waals surface area contributed by atoms with E-state index >= 15 is 0 Å². The monoisotopic (exact) mass is 1950 g/mol. The molecule has 9 radical (unpaired) electrons. The van der Waals surface area contributed by atoms with Crippen molar-refractivity contribution < 1.29 is 197 Å². The van der Waals surface area contributed by atoms with E-state index in [-0.39, 0.29) is 169 Å². The summed E-state index contributed by atoms with van der Waals surface area (Å²) in [5, 5.41) is 131. The van der Waals surface area contributed by atoms with Crippen LogP contribution in [0.1, 0.15) is 304 Å². The molecule has 0 aliphatic rings. The van der Waals surface area contributed by atoms with Crippen LogP contribution in [0.3, 0.4) is 0 Å². The molecule has 0 amide bonds. The summed E-state index contributed by atoms with van der Waals surface area (Å²) in [6.45, 7) is 67.6. The second-order valence-electron chi connectivity index (χ2n) is 28.4. The molecule has 0 bridgehead atoms. The maximum absolute atomic E-state index is 10.5. The molecule has 0 saturated heterocycles. The Hall–Kier alpha value is 1.40. The topological polar surface area (TPSA) is 362 Å². The molecular formula is C77H165Co9N9O9Si2. The first-order valence-corrected chi connectivity index (χ1v) is 43.0. The van der Waals surface area contributed by atoms with Gasteiger partial charge in [-0.1, -0.05) is 217 Å². The van der Waals surface area contributed by atoms with Gasteiger partial charge in [0.25, 0.3) is 0 Å². The van der Waals surface area contributed by atoms with Crippen LogP contribution in [0.15, 0.2) is 27.6 Å². The molecule has 5 atom stereocenters. The molecule has 0 aromatic rings. The molecule has 106 heavy (non-hydrogen) atoms. The zero-order valence-corrected chi connectivity index (χ0v) is 84.5. The van der Waals surface area contributed by atoms with Gasteiger partial charge in [0.2, 0.25) is 0 Å². The van der Waals surface area contributed by atoms with Crippen molar-refractivity contribution in [3.63, 3.8) is 0 Å². The van der Waals surface area contributed by atoms with Gasteiger partial charge in [0.15, 0.2) is 0 Å². The van der Waals surface area contributed by atoms with E-state index in [4.69, 9.17) is 37.6 Å². The van der Waals surface area contributed by atoms with Crippen LogP contribution in [0.4, 0.5) is 0 Å². The fraction of sp³-hybridized carbons (Fsp3) is 0.857. The van der Waals surface area contributed by atoms with Gasteiger partial charge in [-0.05, 0) is 156 Å². The van der Waals surface area contributed by atoms with Crippen molar-refractivity contribution in [3.05, 3.63) is 12.7 Å². The number of hydrogen-bond donors (Lipinski definition) is 15. The Morgan fingerprint density at radius 1 is 0.349 bits per heavy atom. The van der Waals surface area contributed by atoms with Gasteiger partial charge in [-0.15, -0.1) is 0 Å². The normalized spacial score (nSPS) is 14.0. The Kier molecular flexibility index (Phi) is 108. The third kappa shape index (κ3) is 54.3. The second kappa shape index (κ2) is 75.2. The summed E-state index contributed by atoms with van der Waals surface area (Å²) in [6.07, 6.45) is 11.8.